The highest BCUT2D eigenvalue weighted by atomic mass is 79.9. The van der Waals surface area contributed by atoms with Gasteiger partial charge < -0.3 is 5.11 Å². The molecule has 4 heteroatoms. The minimum absolute atomic E-state index is 0.252. The molecule has 94 valence electrons. The topological polar surface area (TPSA) is 20.2 Å². The number of rotatable bonds is 3. The molecule has 18 heavy (non-hydrogen) atoms. The molecule has 0 amide bonds. The maximum absolute atomic E-state index is 13.7. The lowest BCUT2D eigenvalue weighted by atomic mass is 10.0. The second-order valence-electron chi connectivity index (χ2n) is 3.98. The van der Waals surface area contributed by atoms with Crippen molar-refractivity contribution in [1.82, 2.24) is 0 Å². The first kappa shape index (κ1) is 13.7. The van der Waals surface area contributed by atoms with Gasteiger partial charge in [0.05, 0.1) is 6.10 Å². The molecule has 1 nitrogen and oxygen atoms in total. The van der Waals surface area contributed by atoms with Crippen LogP contribution >= 0.6 is 31.9 Å². The fourth-order valence-electron chi connectivity index (χ4n) is 1.75. The van der Waals surface area contributed by atoms with Gasteiger partial charge in [-0.25, -0.2) is 4.39 Å². The van der Waals surface area contributed by atoms with Gasteiger partial charge in [0.15, 0.2) is 0 Å². The number of aliphatic hydroxyl groups is 1. The molecule has 0 radical (unpaired) electrons. The molecule has 1 N–H and O–H groups in total. The largest absolute Gasteiger partial charge is 0.388 e. The summed E-state index contributed by atoms with van der Waals surface area (Å²) in [5.74, 6) is -0.310. The van der Waals surface area contributed by atoms with Gasteiger partial charge in [0.25, 0.3) is 0 Å². The van der Waals surface area contributed by atoms with Gasteiger partial charge in [-0.05, 0) is 29.3 Å². The standard InChI is InChI=1S/C14H11Br2FO/c15-10-6-5-9(13(17)8-10)7-14(18)11-3-1-2-4-12(11)16/h1-6,8,14,18H,7H2. The lowest BCUT2D eigenvalue weighted by Gasteiger charge is -2.13. The summed E-state index contributed by atoms with van der Waals surface area (Å²) < 4.78 is 15.2. The molecule has 0 aliphatic carbocycles. The van der Waals surface area contributed by atoms with Gasteiger partial charge in [-0.15, -0.1) is 0 Å². The first-order chi connectivity index (χ1) is 8.58. The summed E-state index contributed by atoms with van der Waals surface area (Å²) in [7, 11) is 0. The van der Waals surface area contributed by atoms with Gasteiger partial charge in [0.1, 0.15) is 5.82 Å². The Balaban J connectivity index is 2.21. The van der Waals surface area contributed by atoms with E-state index >= 15 is 0 Å². The number of benzene rings is 2. The van der Waals surface area contributed by atoms with Gasteiger partial charge in [0, 0.05) is 15.4 Å². The first-order valence-corrected chi connectivity index (χ1v) is 7.03. The molecule has 0 aliphatic heterocycles. The smallest absolute Gasteiger partial charge is 0.127 e. The summed E-state index contributed by atoms with van der Waals surface area (Å²) >= 11 is 6.59. The predicted molar refractivity (Wildman–Crippen MR) is 76.9 cm³/mol. The number of halogens is 3. The molecule has 2 rings (SSSR count). The van der Waals surface area contributed by atoms with Crippen LogP contribution in [0.5, 0.6) is 0 Å². The Morgan fingerprint density at radius 2 is 1.83 bits per heavy atom. The predicted octanol–water partition coefficient (Wildman–Crippen LogP) is 4.63. The molecular weight excluding hydrogens is 363 g/mol. The van der Waals surface area contributed by atoms with E-state index in [0.717, 1.165) is 10.0 Å². The van der Waals surface area contributed by atoms with Crippen LogP contribution in [-0.4, -0.2) is 5.11 Å². The Hall–Kier alpha value is -0.710. The molecule has 2 aromatic rings. The molecule has 0 aromatic heterocycles. The molecule has 2 aromatic carbocycles. The third kappa shape index (κ3) is 3.19. The summed E-state index contributed by atoms with van der Waals surface area (Å²) in [5.41, 5.74) is 1.27. The summed E-state index contributed by atoms with van der Waals surface area (Å²) in [6.07, 6.45) is -0.474. The van der Waals surface area contributed by atoms with Crippen molar-refractivity contribution in [3.63, 3.8) is 0 Å². The molecule has 0 aliphatic rings. The average molecular weight is 374 g/mol. The van der Waals surface area contributed by atoms with Gasteiger partial charge >= 0.3 is 0 Å². The van der Waals surface area contributed by atoms with Crippen molar-refractivity contribution in [3.8, 4) is 0 Å². The quantitative estimate of drug-likeness (QED) is 0.831. The van der Waals surface area contributed by atoms with E-state index < -0.39 is 6.10 Å². The van der Waals surface area contributed by atoms with Gasteiger partial charge in [-0.3, -0.25) is 0 Å². The van der Waals surface area contributed by atoms with Crippen molar-refractivity contribution in [2.24, 2.45) is 0 Å². The molecule has 1 atom stereocenters. The van der Waals surface area contributed by atoms with Crippen molar-refractivity contribution in [2.75, 3.05) is 0 Å². The van der Waals surface area contributed by atoms with E-state index in [1.165, 1.54) is 6.07 Å². The van der Waals surface area contributed by atoms with Crippen LogP contribution in [0.3, 0.4) is 0 Å². The summed E-state index contributed by atoms with van der Waals surface area (Å²) in [4.78, 5) is 0. The highest BCUT2D eigenvalue weighted by Gasteiger charge is 2.14. The van der Waals surface area contributed by atoms with Gasteiger partial charge in [-0.1, -0.05) is 56.1 Å². The minimum atomic E-state index is -0.726. The Bertz CT molecular complexity index is 557. The zero-order chi connectivity index (χ0) is 13.1. The van der Waals surface area contributed by atoms with Crippen LogP contribution in [0.15, 0.2) is 51.4 Å². The van der Waals surface area contributed by atoms with Crippen molar-refractivity contribution in [3.05, 3.63) is 68.4 Å². The lowest BCUT2D eigenvalue weighted by molar-refractivity contribution is 0.176. The van der Waals surface area contributed by atoms with Crippen LogP contribution in [-0.2, 0) is 6.42 Å². The van der Waals surface area contributed by atoms with Crippen molar-refractivity contribution in [1.29, 1.82) is 0 Å². The fourth-order valence-corrected chi connectivity index (χ4v) is 2.63. The van der Waals surface area contributed by atoms with Crippen LogP contribution in [0.4, 0.5) is 4.39 Å². The maximum Gasteiger partial charge on any atom is 0.127 e. The minimum Gasteiger partial charge on any atom is -0.388 e. The zero-order valence-electron chi connectivity index (χ0n) is 9.41. The number of hydrogen-bond donors (Lipinski definition) is 1. The van der Waals surface area contributed by atoms with E-state index in [1.807, 2.05) is 24.3 Å². The van der Waals surface area contributed by atoms with Crippen molar-refractivity contribution < 1.29 is 9.50 Å². The molecule has 0 heterocycles. The van der Waals surface area contributed by atoms with Crippen LogP contribution in [0.1, 0.15) is 17.2 Å². The highest BCUT2D eigenvalue weighted by molar-refractivity contribution is 9.10. The zero-order valence-corrected chi connectivity index (χ0v) is 12.6. The Labute approximate surface area is 122 Å². The fraction of sp³-hybridized carbons (Fsp3) is 0.143. The first-order valence-electron chi connectivity index (χ1n) is 5.44. The monoisotopic (exact) mass is 372 g/mol. The molecule has 0 saturated heterocycles. The molecular formula is C14H11Br2FO. The average Bonchev–Trinajstić information content (AvgIpc) is 2.33. The summed E-state index contributed by atoms with van der Waals surface area (Å²) in [6.45, 7) is 0. The third-order valence-corrected chi connectivity index (χ3v) is 3.91. The lowest BCUT2D eigenvalue weighted by Crippen LogP contribution is -2.04. The highest BCUT2D eigenvalue weighted by Crippen LogP contribution is 2.27. The van der Waals surface area contributed by atoms with Crippen LogP contribution < -0.4 is 0 Å². The Kier molecular flexibility index (Phi) is 4.54. The maximum atomic E-state index is 13.7. The molecule has 0 bridgehead atoms. The summed E-state index contributed by atoms with van der Waals surface area (Å²) in [6, 6.07) is 12.3. The molecule has 0 spiro atoms. The SMILES string of the molecule is OC(Cc1ccc(Br)cc1F)c1ccccc1Br. The molecule has 0 saturated carbocycles. The second-order valence-corrected chi connectivity index (χ2v) is 5.75. The normalized spacial score (nSPS) is 12.4. The van der Waals surface area contributed by atoms with Crippen molar-refractivity contribution >= 4 is 31.9 Å². The van der Waals surface area contributed by atoms with E-state index in [-0.39, 0.29) is 12.2 Å². The second kappa shape index (κ2) is 5.95. The van der Waals surface area contributed by atoms with E-state index in [2.05, 4.69) is 31.9 Å². The third-order valence-electron chi connectivity index (χ3n) is 2.69. The van der Waals surface area contributed by atoms with E-state index in [4.69, 9.17) is 0 Å². The number of hydrogen-bond acceptors (Lipinski definition) is 1. The van der Waals surface area contributed by atoms with Gasteiger partial charge in [0.2, 0.25) is 0 Å². The summed E-state index contributed by atoms with van der Waals surface area (Å²) in [5, 5.41) is 10.1. The number of aliphatic hydroxyl groups excluding tert-OH is 1. The van der Waals surface area contributed by atoms with Crippen LogP contribution in [0, 0.1) is 5.82 Å². The molecule has 0 fully saturated rings. The van der Waals surface area contributed by atoms with E-state index in [9.17, 15) is 9.50 Å². The van der Waals surface area contributed by atoms with Crippen LogP contribution in [0.25, 0.3) is 0 Å². The van der Waals surface area contributed by atoms with Gasteiger partial charge in [-0.2, -0.15) is 0 Å². The van der Waals surface area contributed by atoms with Crippen molar-refractivity contribution in [2.45, 2.75) is 12.5 Å². The van der Waals surface area contributed by atoms with E-state index in [0.29, 0.717) is 10.0 Å². The molecule has 1 unspecified atom stereocenters. The Morgan fingerprint density at radius 3 is 2.50 bits per heavy atom. The Morgan fingerprint density at radius 1 is 1.11 bits per heavy atom. The van der Waals surface area contributed by atoms with Crippen LogP contribution in [0.2, 0.25) is 0 Å². The van der Waals surface area contributed by atoms with E-state index in [1.54, 1.807) is 12.1 Å².